The van der Waals surface area contributed by atoms with Crippen molar-refractivity contribution >= 4 is 5.97 Å². The van der Waals surface area contributed by atoms with Gasteiger partial charge in [-0.05, 0) is 61.1 Å². The number of hydrogen-bond donors (Lipinski definition) is 0. The number of carbonyl (C=O) groups excluding carboxylic acids is 1. The topological polar surface area (TPSA) is 44.1 Å². The molecule has 0 radical (unpaired) electrons. The molecule has 0 aliphatic carbocycles. The molecule has 0 saturated carbocycles. The Morgan fingerprint density at radius 3 is 2.26 bits per heavy atom. The van der Waals surface area contributed by atoms with E-state index < -0.39 is 0 Å². The highest BCUT2D eigenvalue weighted by molar-refractivity contribution is 5.72. The smallest absolute Gasteiger partial charge is 0.327 e. The maximum atomic E-state index is 11.8. The summed E-state index contributed by atoms with van der Waals surface area (Å²) >= 11 is 0. The summed E-state index contributed by atoms with van der Waals surface area (Å²) in [6, 6.07) is 17.0. The number of ether oxygens (including phenoxy) is 1. The van der Waals surface area contributed by atoms with Crippen LogP contribution in [0.2, 0.25) is 0 Å². The van der Waals surface area contributed by atoms with Crippen LogP contribution >= 0.6 is 0 Å². The molecule has 27 heavy (non-hydrogen) atoms. The SMILES string of the molecule is CCOC(=O)Cn1nc(C)cc1-c1ccc(-c2ccc(CC)c(C)c2)cc1. The lowest BCUT2D eigenvalue weighted by molar-refractivity contribution is -0.144. The van der Waals surface area contributed by atoms with Gasteiger partial charge in [0, 0.05) is 0 Å². The highest BCUT2D eigenvalue weighted by Gasteiger charge is 2.12. The van der Waals surface area contributed by atoms with E-state index in [0.29, 0.717) is 6.61 Å². The second-order valence-corrected chi connectivity index (χ2v) is 6.71. The zero-order valence-corrected chi connectivity index (χ0v) is 16.5. The molecular weight excluding hydrogens is 336 g/mol. The number of rotatable bonds is 6. The Hall–Kier alpha value is -2.88. The summed E-state index contributed by atoms with van der Waals surface area (Å²) in [6.07, 6.45) is 1.05. The summed E-state index contributed by atoms with van der Waals surface area (Å²) in [6.45, 7) is 8.57. The van der Waals surface area contributed by atoms with Gasteiger partial charge in [-0.25, -0.2) is 0 Å². The fraction of sp³-hybridized carbons (Fsp3) is 0.304. The van der Waals surface area contributed by atoms with Crippen LogP contribution in [0, 0.1) is 13.8 Å². The molecule has 0 saturated heterocycles. The average Bonchev–Trinajstić information content (AvgIpc) is 3.02. The van der Waals surface area contributed by atoms with Crippen LogP contribution in [0.3, 0.4) is 0 Å². The van der Waals surface area contributed by atoms with Crippen molar-refractivity contribution < 1.29 is 9.53 Å². The molecule has 0 spiro atoms. The molecule has 3 rings (SSSR count). The fourth-order valence-electron chi connectivity index (χ4n) is 3.33. The fourth-order valence-corrected chi connectivity index (χ4v) is 3.33. The first-order chi connectivity index (χ1) is 13.0. The molecule has 0 N–H and O–H groups in total. The summed E-state index contributed by atoms with van der Waals surface area (Å²) in [5, 5.41) is 4.44. The zero-order valence-electron chi connectivity index (χ0n) is 16.5. The first-order valence-corrected chi connectivity index (χ1v) is 9.42. The van der Waals surface area contributed by atoms with Crippen LogP contribution in [-0.2, 0) is 22.5 Å². The molecule has 0 fully saturated rings. The first kappa shape index (κ1) is 18.9. The Kier molecular flexibility index (Phi) is 5.75. The van der Waals surface area contributed by atoms with Crippen molar-refractivity contribution in [2.45, 2.75) is 40.7 Å². The van der Waals surface area contributed by atoms with Crippen LogP contribution in [0.1, 0.15) is 30.7 Å². The van der Waals surface area contributed by atoms with E-state index in [0.717, 1.165) is 23.4 Å². The molecule has 0 bridgehead atoms. The van der Waals surface area contributed by atoms with Gasteiger partial charge >= 0.3 is 5.97 Å². The van der Waals surface area contributed by atoms with Crippen molar-refractivity contribution in [3.8, 4) is 22.4 Å². The lowest BCUT2D eigenvalue weighted by Crippen LogP contribution is -2.15. The van der Waals surface area contributed by atoms with Crippen molar-refractivity contribution in [2.24, 2.45) is 0 Å². The maximum Gasteiger partial charge on any atom is 0.327 e. The third-order valence-corrected chi connectivity index (χ3v) is 4.72. The van der Waals surface area contributed by atoms with E-state index in [1.807, 2.05) is 13.0 Å². The molecule has 0 aliphatic heterocycles. The van der Waals surface area contributed by atoms with Crippen LogP contribution in [0.25, 0.3) is 22.4 Å². The molecule has 0 amide bonds. The van der Waals surface area contributed by atoms with E-state index in [9.17, 15) is 4.79 Å². The summed E-state index contributed by atoms with van der Waals surface area (Å²) in [5.74, 6) is -0.273. The number of nitrogens with zero attached hydrogens (tertiary/aromatic N) is 2. The monoisotopic (exact) mass is 362 g/mol. The maximum absolute atomic E-state index is 11.8. The van der Waals surface area contributed by atoms with E-state index in [4.69, 9.17) is 4.74 Å². The molecule has 2 aromatic carbocycles. The quantitative estimate of drug-likeness (QED) is 0.582. The standard InChI is InChI=1S/C23H26N2O2/c1-5-18-7-12-21(13-16(18)3)19-8-10-20(11-9-19)22-14-17(4)24-25(22)15-23(26)27-6-2/h7-14H,5-6,15H2,1-4H3. The molecule has 1 aromatic heterocycles. The van der Waals surface area contributed by atoms with Gasteiger partial charge in [0.15, 0.2) is 0 Å². The second kappa shape index (κ2) is 8.21. The van der Waals surface area contributed by atoms with Crippen molar-refractivity contribution in [2.75, 3.05) is 6.61 Å². The average molecular weight is 362 g/mol. The van der Waals surface area contributed by atoms with Gasteiger partial charge in [0.05, 0.1) is 18.0 Å². The van der Waals surface area contributed by atoms with Crippen LogP contribution in [0.15, 0.2) is 48.5 Å². The van der Waals surface area contributed by atoms with Crippen molar-refractivity contribution in [3.05, 3.63) is 65.4 Å². The van der Waals surface area contributed by atoms with E-state index in [2.05, 4.69) is 61.4 Å². The van der Waals surface area contributed by atoms with Gasteiger partial charge in [-0.2, -0.15) is 5.10 Å². The van der Waals surface area contributed by atoms with E-state index in [1.54, 1.807) is 11.6 Å². The predicted octanol–water partition coefficient (Wildman–Crippen LogP) is 4.96. The van der Waals surface area contributed by atoms with Gasteiger partial charge in [-0.1, -0.05) is 49.4 Å². The van der Waals surface area contributed by atoms with Crippen molar-refractivity contribution in [1.82, 2.24) is 9.78 Å². The number of aromatic nitrogens is 2. The largest absolute Gasteiger partial charge is 0.465 e. The molecule has 4 nitrogen and oxygen atoms in total. The van der Waals surface area contributed by atoms with Crippen molar-refractivity contribution in [1.29, 1.82) is 0 Å². The van der Waals surface area contributed by atoms with Crippen LogP contribution < -0.4 is 0 Å². The summed E-state index contributed by atoms with van der Waals surface area (Å²) in [7, 11) is 0. The molecule has 0 unspecified atom stereocenters. The molecule has 0 atom stereocenters. The Balaban J connectivity index is 1.88. The number of aryl methyl sites for hydroxylation is 3. The van der Waals surface area contributed by atoms with E-state index in [1.165, 1.54) is 22.3 Å². The van der Waals surface area contributed by atoms with Crippen LogP contribution in [-0.4, -0.2) is 22.4 Å². The minimum Gasteiger partial charge on any atom is -0.465 e. The van der Waals surface area contributed by atoms with Gasteiger partial charge in [0.2, 0.25) is 0 Å². The molecule has 1 heterocycles. The van der Waals surface area contributed by atoms with Crippen molar-refractivity contribution in [3.63, 3.8) is 0 Å². The normalized spacial score (nSPS) is 10.8. The number of esters is 1. The summed E-state index contributed by atoms with van der Waals surface area (Å²) < 4.78 is 6.76. The first-order valence-electron chi connectivity index (χ1n) is 9.42. The molecule has 0 aliphatic rings. The third kappa shape index (κ3) is 4.27. The summed E-state index contributed by atoms with van der Waals surface area (Å²) in [4.78, 5) is 11.8. The Morgan fingerprint density at radius 2 is 1.63 bits per heavy atom. The van der Waals surface area contributed by atoms with Gasteiger partial charge in [-0.3, -0.25) is 9.48 Å². The van der Waals surface area contributed by atoms with Crippen LogP contribution in [0.4, 0.5) is 0 Å². The minimum absolute atomic E-state index is 0.121. The number of hydrogen-bond acceptors (Lipinski definition) is 3. The molecule has 4 heteroatoms. The number of benzene rings is 2. The Bertz CT molecular complexity index is 940. The summed E-state index contributed by atoms with van der Waals surface area (Å²) in [5.41, 5.74) is 7.93. The predicted molar refractivity (Wildman–Crippen MR) is 109 cm³/mol. The van der Waals surface area contributed by atoms with Gasteiger partial charge in [0.25, 0.3) is 0 Å². The third-order valence-electron chi connectivity index (χ3n) is 4.72. The molecular formula is C23H26N2O2. The van der Waals surface area contributed by atoms with E-state index in [-0.39, 0.29) is 12.5 Å². The van der Waals surface area contributed by atoms with Gasteiger partial charge in [-0.15, -0.1) is 0 Å². The van der Waals surface area contributed by atoms with E-state index >= 15 is 0 Å². The minimum atomic E-state index is -0.273. The highest BCUT2D eigenvalue weighted by Crippen LogP contribution is 2.27. The second-order valence-electron chi connectivity index (χ2n) is 6.71. The molecule has 140 valence electrons. The lowest BCUT2D eigenvalue weighted by atomic mass is 9.97. The van der Waals surface area contributed by atoms with Gasteiger partial charge < -0.3 is 4.74 Å². The Morgan fingerprint density at radius 1 is 0.963 bits per heavy atom. The zero-order chi connectivity index (χ0) is 19.4. The lowest BCUT2D eigenvalue weighted by Gasteiger charge is -2.10. The van der Waals surface area contributed by atoms with Crippen LogP contribution in [0.5, 0.6) is 0 Å². The highest BCUT2D eigenvalue weighted by atomic mass is 16.5. The molecule has 3 aromatic rings. The number of carbonyl (C=O) groups is 1. The van der Waals surface area contributed by atoms with Gasteiger partial charge in [0.1, 0.15) is 6.54 Å². The Labute approximate surface area is 160 Å².